The molecule has 10 aromatic heterocycles. The Balaban J connectivity index is 0.000000171. The molecule has 52 heteroatoms. The van der Waals surface area contributed by atoms with Gasteiger partial charge in [0.1, 0.15) is 32.7 Å². The molecule has 10 heterocycles. The van der Waals surface area contributed by atoms with E-state index in [1.807, 2.05) is 0 Å². The summed E-state index contributed by atoms with van der Waals surface area (Å²) in [5.74, 6) is 0.0558. The Morgan fingerprint density at radius 1 is 0.286 bits per heavy atom. The minimum absolute atomic E-state index is 0.0112. The number of imidazole rings is 5. The molecule has 0 unspecified atom stereocenters. The fourth-order valence-corrected chi connectivity index (χ4v) is 17.7. The van der Waals surface area contributed by atoms with Crippen molar-refractivity contribution in [2.75, 3.05) is 6.26 Å². The normalized spacial score (nSPS) is 23.9. The summed E-state index contributed by atoms with van der Waals surface area (Å²) in [6.07, 6.45) is -4.52. The van der Waals surface area contributed by atoms with Gasteiger partial charge in [0.15, 0.2) is 55.8 Å². The average molecular weight is 1940 g/mol. The number of hydrogen-bond acceptors (Lipinski definition) is 21. The van der Waals surface area contributed by atoms with Gasteiger partial charge in [-0.1, -0.05) is 0 Å². The molecule has 15 rings (SSSR count). The highest BCUT2D eigenvalue weighted by molar-refractivity contribution is 7.93. The molecule has 5 aliphatic rings. The third-order valence-corrected chi connectivity index (χ3v) is 25.4. The first-order valence-electron chi connectivity index (χ1n) is 42.7. The number of aliphatic hydroxyl groups is 5. The predicted octanol–water partition coefficient (Wildman–Crippen LogP) is 8.23. The molecule has 0 aliphatic heterocycles. The summed E-state index contributed by atoms with van der Waals surface area (Å²) < 4.78 is 216. The fourth-order valence-electron chi connectivity index (χ4n) is 17.7. The number of alkyl halides is 15. The lowest BCUT2D eigenvalue weighted by Gasteiger charge is -2.33. The van der Waals surface area contributed by atoms with Crippen LogP contribution in [0.2, 0.25) is 0 Å². The maximum Gasteiger partial charge on any atom is 0.406 e. The van der Waals surface area contributed by atoms with Gasteiger partial charge < -0.3 is 48.4 Å². The van der Waals surface area contributed by atoms with E-state index in [1.54, 1.807) is 34.6 Å². The quantitative estimate of drug-likeness (QED) is 0.0603. The van der Waals surface area contributed by atoms with E-state index in [-0.39, 0.29) is 130 Å². The topological polar surface area (TPSA) is 410 Å². The molecule has 0 radical (unpaired) electrons. The Labute approximate surface area is 748 Å². The highest BCUT2D eigenvalue weighted by Gasteiger charge is 2.40. The number of aromatic nitrogens is 20. The zero-order chi connectivity index (χ0) is 99.1. The summed E-state index contributed by atoms with van der Waals surface area (Å²) >= 11 is 0.250. The number of rotatable bonds is 15. The van der Waals surface area contributed by atoms with Crippen molar-refractivity contribution in [2.45, 2.75) is 287 Å². The van der Waals surface area contributed by atoms with Crippen LogP contribution in [0.5, 0.6) is 0 Å². The summed E-state index contributed by atoms with van der Waals surface area (Å²) in [5, 5.41) is 50.1. The van der Waals surface area contributed by atoms with Crippen LogP contribution in [0.3, 0.4) is 0 Å². The smallest absolute Gasteiger partial charge is 0.390 e. The lowest BCUT2D eigenvalue weighted by Crippen LogP contribution is -2.42. The minimum Gasteiger partial charge on any atom is -0.390 e. The van der Waals surface area contributed by atoms with Crippen LogP contribution in [0.4, 0.5) is 69.7 Å². The van der Waals surface area contributed by atoms with Gasteiger partial charge in [0.25, 0.3) is 27.8 Å². The molecule has 133 heavy (non-hydrogen) atoms. The van der Waals surface area contributed by atoms with E-state index in [2.05, 4.69) is 24.9 Å². The zero-order valence-corrected chi connectivity index (χ0v) is 75.5. The second-order valence-electron chi connectivity index (χ2n) is 36.9. The van der Waals surface area contributed by atoms with Gasteiger partial charge in [-0.3, -0.25) is 69.6 Å². The first-order chi connectivity index (χ1) is 61.3. The molecule has 5 fully saturated rings. The summed E-state index contributed by atoms with van der Waals surface area (Å²) in [4.78, 5) is 145. The van der Waals surface area contributed by atoms with E-state index in [4.69, 9.17) is 0 Å². The number of halogens is 16. The third-order valence-electron chi connectivity index (χ3n) is 25.4. The maximum atomic E-state index is 12.8. The molecule has 35 nitrogen and oxygen atoms in total. The van der Waals surface area contributed by atoms with E-state index in [0.717, 1.165) is 100 Å². The summed E-state index contributed by atoms with van der Waals surface area (Å²) in [5.41, 5.74) is -12.0. The molecule has 5 saturated carbocycles. The lowest BCUT2D eigenvalue weighted by atomic mass is 9.80. The SMILES string of the molecule is CSF.Cn1c(=O)n(CC2CCC(C)(O)CC2)c(=O)c2c1ncn2CC(F)(F)F.Cn1c(=O)n(CC2CCC(C)(O)CC2)c(=O)c2c1ncn2CC(F)(F)F.Cn1c(=O)n(CC2CCC(C)(O)CC2)c(=O)c2c1ncn2CC(F)(F)F.Cn1c(=O)n(CC2CCC(C)(O)CC2)c(=O)c2c1ncn2CC(F)(F)F.Cn1c(=O)n(CC2CCC(C)(O)CC2)c(=O)c2c1ncn2CC(F)(F)F. The van der Waals surface area contributed by atoms with E-state index in [9.17, 15) is 143 Å². The van der Waals surface area contributed by atoms with Gasteiger partial charge in [-0.25, -0.2) is 48.9 Å². The number of hydrogen-bond donors (Lipinski definition) is 5. The Kier molecular flexibility index (Phi) is 31.5. The zero-order valence-electron chi connectivity index (χ0n) is 74.7. The van der Waals surface area contributed by atoms with Crippen LogP contribution in [0.15, 0.2) is 79.6 Å². The van der Waals surface area contributed by atoms with Crippen molar-refractivity contribution in [3.8, 4) is 0 Å². The molecule has 0 aromatic carbocycles. The Morgan fingerprint density at radius 3 is 0.519 bits per heavy atom. The Bertz CT molecular complexity index is 5570. The van der Waals surface area contributed by atoms with Crippen molar-refractivity contribution in [1.82, 2.24) is 93.4 Å². The third kappa shape index (κ3) is 25.9. The van der Waals surface area contributed by atoms with Crippen LogP contribution in [0.25, 0.3) is 55.8 Å². The van der Waals surface area contributed by atoms with Crippen molar-refractivity contribution in [2.24, 2.45) is 64.8 Å². The van der Waals surface area contributed by atoms with E-state index in [0.29, 0.717) is 128 Å². The molecule has 0 saturated heterocycles. The first kappa shape index (κ1) is 105. The van der Waals surface area contributed by atoms with Crippen molar-refractivity contribution >= 4 is 68.0 Å². The van der Waals surface area contributed by atoms with E-state index >= 15 is 0 Å². The predicted molar refractivity (Wildman–Crippen MR) is 454 cm³/mol. The van der Waals surface area contributed by atoms with Gasteiger partial charge in [0.2, 0.25) is 0 Å². The number of fused-ring (bicyclic) bond motifs is 5. The van der Waals surface area contributed by atoms with Gasteiger partial charge in [-0.05, 0) is 193 Å². The molecule has 5 N–H and O–H groups in total. The fraction of sp³-hybridized carbons (Fsp3) is 0.691. The van der Waals surface area contributed by atoms with Crippen molar-refractivity contribution in [1.29, 1.82) is 0 Å². The molecule has 10 aromatic rings. The highest BCUT2D eigenvalue weighted by Crippen LogP contribution is 2.38. The molecule has 0 amide bonds. The molecular formula is C81H108F16N20O15S. The Morgan fingerprint density at radius 2 is 0.406 bits per heavy atom. The second-order valence-corrected chi connectivity index (χ2v) is 37.3. The van der Waals surface area contributed by atoms with Crippen LogP contribution < -0.4 is 56.2 Å². The molecule has 740 valence electrons. The van der Waals surface area contributed by atoms with Gasteiger partial charge in [-0.15, -0.1) is 0 Å². The largest absolute Gasteiger partial charge is 0.406 e. The summed E-state index contributed by atoms with van der Waals surface area (Å²) in [6, 6.07) is 0. The van der Waals surface area contributed by atoms with Crippen LogP contribution >= 0.6 is 12.1 Å². The summed E-state index contributed by atoms with van der Waals surface area (Å²) in [6.45, 7) is 2.61. The Hall–Kier alpha value is -10.2. The van der Waals surface area contributed by atoms with Crippen LogP contribution in [-0.2, 0) is 101 Å². The van der Waals surface area contributed by atoms with Crippen molar-refractivity contribution < 1.29 is 95.3 Å². The molecule has 0 bridgehead atoms. The first-order valence-corrected chi connectivity index (χ1v) is 43.8. The molecule has 0 atom stereocenters. The highest BCUT2D eigenvalue weighted by atomic mass is 32.2. The lowest BCUT2D eigenvalue weighted by molar-refractivity contribution is -0.140. The van der Waals surface area contributed by atoms with Gasteiger partial charge in [0, 0.05) is 86.4 Å². The van der Waals surface area contributed by atoms with E-state index in [1.165, 1.54) is 41.5 Å². The number of aryl methyl sites for hydroxylation is 5. The maximum absolute atomic E-state index is 12.8. The second kappa shape index (κ2) is 40.0. The molecule has 0 spiro atoms. The van der Waals surface area contributed by atoms with E-state index < -0.39 is 148 Å². The standard InChI is InChI=1S/5C16H21F3N4O3.CH3FS/c5*1-15(26)5-3-10(4-6-15)7-23-13(24)11-12(21(2)14(23)25)20-9-22(11)8-16(17,18)19;1-3-2/h5*9-10,26H,3-8H2,1-2H3;1H3. The van der Waals surface area contributed by atoms with Gasteiger partial charge >= 0.3 is 59.3 Å². The molecule has 5 aliphatic carbocycles. The van der Waals surface area contributed by atoms with Gasteiger partial charge in [0.05, 0.1) is 59.6 Å². The van der Waals surface area contributed by atoms with Crippen molar-refractivity contribution in [3.05, 3.63) is 136 Å². The average Bonchev–Trinajstić information content (AvgIpc) is 1.66. The molecular weight excluding hydrogens is 1830 g/mol. The minimum atomic E-state index is -4.51. The summed E-state index contributed by atoms with van der Waals surface area (Å²) in [7, 11) is 6.93. The van der Waals surface area contributed by atoms with Crippen LogP contribution in [-0.4, -0.2) is 184 Å². The monoisotopic (exact) mass is 1940 g/mol. The van der Waals surface area contributed by atoms with Crippen LogP contribution in [0, 0.1) is 29.6 Å². The van der Waals surface area contributed by atoms with Gasteiger partial charge in [-0.2, -0.15) is 69.7 Å². The van der Waals surface area contributed by atoms with Crippen LogP contribution in [0.1, 0.15) is 163 Å². The number of nitrogens with zero attached hydrogens (tertiary/aromatic N) is 20. The van der Waals surface area contributed by atoms with Crippen molar-refractivity contribution in [3.63, 3.8) is 0 Å².